The second kappa shape index (κ2) is 10.3. The van der Waals surface area contributed by atoms with E-state index >= 15 is 0 Å². The number of carbonyl (C=O) groups excluding carboxylic acids is 1. The monoisotopic (exact) mass is 330 g/mol. The summed E-state index contributed by atoms with van der Waals surface area (Å²) < 4.78 is 5.38. The Morgan fingerprint density at radius 2 is 2.00 bits per heavy atom. The van der Waals surface area contributed by atoms with Gasteiger partial charge in [0, 0.05) is 24.3 Å². The largest absolute Gasteiger partial charge is 0.378 e. The third-order valence-corrected chi connectivity index (χ3v) is 4.42. The molecule has 1 heterocycles. The van der Waals surface area contributed by atoms with Crippen LogP contribution in [0.25, 0.3) is 0 Å². The van der Waals surface area contributed by atoms with Crippen molar-refractivity contribution in [2.24, 2.45) is 0 Å². The second-order valence-electron chi connectivity index (χ2n) is 6.25. The lowest BCUT2D eigenvalue weighted by Crippen LogP contribution is -2.37. The van der Waals surface area contributed by atoms with Gasteiger partial charge in [-0.25, -0.2) is 0 Å². The summed E-state index contributed by atoms with van der Waals surface area (Å²) >= 11 is 0. The van der Waals surface area contributed by atoms with Gasteiger partial charge in [-0.1, -0.05) is 25.8 Å². The number of carbonyl (C=O) groups is 1. The summed E-state index contributed by atoms with van der Waals surface area (Å²) in [6.07, 6.45) is 5.96. The molecule has 1 aliphatic rings. The predicted octanol–water partition coefficient (Wildman–Crippen LogP) is 3.43. The van der Waals surface area contributed by atoms with Crippen LogP contribution in [0.3, 0.4) is 0 Å². The number of nitrogens with one attached hydrogen (secondary N) is 1. The molecular formula is C20H30N2O2. The molecule has 24 heavy (non-hydrogen) atoms. The zero-order chi connectivity index (χ0) is 17.2. The van der Waals surface area contributed by atoms with Crippen molar-refractivity contribution in [1.29, 1.82) is 0 Å². The molecule has 1 aliphatic heterocycles. The molecule has 4 heteroatoms. The van der Waals surface area contributed by atoms with Crippen molar-refractivity contribution in [3.8, 4) is 0 Å². The van der Waals surface area contributed by atoms with E-state index in [1.54, 1.807) is 0 Å². The van der Waals surface area contributed by atoms with Crippen LogP contribution in [-0.4, -0.2) is 44.7 Å². The number of Topliss-reactive ketones (excluding diaryl/α,β-unsaturated/α-hetero) is 1. The first-order valence-corrected chi connectivity index (χ1v) is 9.07. The predicted molar refractivity (Wildman–Crippen MR) is 99.9 cm³/mol. The van der Waals surface area contributed by atoms with Crippen molar-refractivity contribution in [3.63, 3.8) is 0 Å². The fourth-order valence-corrected chi connectivity index (χ4v) is 2.96. The molecule has 1 atom stereocenters. The van der Waals surface area contributed by atoms with E-state index in [-0.39, 0.29) is 11.8 Å². The minimum Gasteiger partial charge on any atom is -0.378 e. The van der Waals surface area contributed by atoms with Crippen molar-refractivity contribution >= 4 is 11.5 Å². The molecule has 0 aliphatic carbocycles. The molecule has 0 saturated carbocycles. The average molecular weight is 330 g/mol. The van der Waals surface area contributed by atoms with Gasteiger partial charge in [0.1, 0.15) is 0 Å². The number of ether oxygens (including phenoxy) is 1. The molecule has 0 aromatic heterocycles. The number of morpholine rings is 1. The molecule has 1 unspecified atom stereocenters. The molecule has 1 N–H and O–H groups in total. The zero-order valence-electron chi connectivity index (χ0n) is 14.8. The van der Waals surface area contributed by atoms with Crippen LogP contribution in [-0.2, 0) is 4.74 Å². The van der Waals surface area contributed by atoms with Gasteiger partial charge in [0.2, 0.25) is 0 Å². The Balaban J connectivity index is 1.96. The summed E-state index contributed by atoms with van der Waals surface area (Å²) in [5, 5.41) is 3.38. The Morgan fingerprint density at radius 1 is 1.29 bits per heavy atom. The molecular weight excluding hydrogens is 300 g/mol. The Bertz CT molecular complexity index is 507. The molecule has 1 fully saturated rings. The van der Waals surface area contributed by atoms with Gasteiger partial charge in [-0.15, -0.1) is 6.58 Å². The van der Waals surface area contributed by atoms with E-state index in [1.165, 1.54) is 12.8 Å². The number of anilines is 1. The zero-order valence-corrected chi connectivity index (χ0v) is 14.8. The minimum absolute atomic E-state index is 0.153. The highest BCUT2D eigenvalue weighted by atomic mass is 16.5. The fourth-order valence-electron chi connectivity index (χ4n) is 2.96. The first kappa shape index (κ1) is 18.7. The van der Waals surface area contributed by atoms with Gasteiger partial charge in [-0.3, -0.25) is 4.79 Å². The van der Waals surface area contributed by atoms with Crippen molar-refractivity contribution in [1.82, 2.24) is 5.32 Å². The summed E-state index contributed by atoms with van der Waals surface area (Å²) in [6, 6.07) is 7.79. The summed E-state index contributed by atoms with van der Waals surface area (Å²) in [4.78, 5) is 15.0. The van der Waals surface area contributed by atoms with E-state index in [9.17, 15) is 4.79 Å². The van der Waals surface area contributed by atoms with Gasteiger partial charge >= 0.3 is 0 Å². The third-order valence-electron chi connectivity index (χ3n) is 4.42. The lowest BCUT2D eigenvalue weighted by molar-refractivity contribution is 0.0943. The molecule has 1 aromatic rings. The molecule has 132 valence electrons. The highest BCUT2D eigenvalue weighted by Crippen LogP contribution is 2.18. The average Bonchev–Trinajstić information content (AvgIpc) is 2.64. The quantitative estimate of drug-likeness (QED) is 0.405. The third kappa shape index (κ3) is 5.46. The number of nitrogens with zero attached hydrogens (tertiary/aromatic N) is 1. The highest BCUT2D eigenvalue weighted by Gasteiger charge is 2.19. The first-order chi connectivity index (χ1) is 11.8. The van der Waals surface area contributed by atoms with E-state index in [2.05, 4.69) is 23.7 Å². The van der Waals surface area contributed by atoms with Crippen molar-refractivity contribution in [2.45, 2.75) is 38.6 Å². The number of rotatable bonds is 10. The number of benzene rings is 1. The molecule has 1 aromatic carbocycles. The van der Waals surface area contributed by atoms with Gasteiger partial charge in [0.05, 0.1) is 19.3 Å². The Hall–Kier alpha value is -1.65. The van der Waals surface area contributed by atoms with Crippen molar-refractivity contribution < 1.29 is 9.53 Å². The number of hydrogen-bond acceptors (Lipinski definition) is 4. The first-order valence-electron chi connectivity index (χ1n) is 9.07. The topological polar surface area (TPSA) is 41.6 Å². The summed E-state index contributed by atoms with van der Waals surface area (Å²) in [5.74, 6) is 0.153. The number of unbranched alkanes of at least 4 members (excludes halogenated alkanes) is 2. The summed E-state index contributed by atoms with van der Waals surface area (Å²) in [6.45, 7) is 10.2. The minimum atomic E-state index is -0.173. The maximum absolute atomic E-state index is 12.7. The smallest absolute Gasteiger partial charge is 0.180 e. The van der Waals surface area contributed by atoms with E-state index < -0.39 is 0 Å². The van der Waals surface area contributed by atoms with E-state index in [4.69, 9.17) is 4.74 Å². The maximum Gasteiger partial charge on any atom is 0.180 e. The van der Waals surface area contributed by atoms with Crippen LogP contribution in [0.5, 0.6) is 0 Å². The fraction of sp³-hybridized carbons (Fsp3) is 0.550. The van der Waals surface area contributed by atoms with Crippen LogP contribution in [0, 0.1) is 0 Å². The lowest BCUT2D eigenvalue weighted by atomic mass is 10.0. The molecule has 4 nitrogen and oxygen atoms in total. The van der Waals surface area contributed by atoms with Crippen LogP contribution in [0.15, 0.2) is 36.9 Å². The van der Waals surface area contributed by atoms with Gasteiger partial charge in [0.25, 0.3) is 0 Å². The Morgan fingerprint density at radius 3 is 2.62 bits per heavy atom. The molecule has 0 radical (unpaired) electrons. The van der Waals surface area contributed by atoms with E-state index in [0.29, 0.717) is 6.42 Å². The van der Waals surface area contributed by atoms with Gasteiger partial charge < -0.3 is 15.0 Å². The lowest BCUT2D eigenvalue weighted by Gasteiger charge is -2.29. The van der Waals surface area contributed by atoms with E-state index in [0.717, 1.165) is 50.5 Å². The molecule has 0 spiro atoms. The van der Waals surface area contributed by atoms with Gasteiger partial charge in [-0.05, 0) is 43.7 Å². The molecule has 0 bridgehead atoms. The molecule has 0 amide bonds. The van der Waals surface area contributed by atoms with Crippen molar-refractivity contribution in [3.05, 3.63) is 42.5 Å². The normalized spacial score (nSPS) is 16.0. The van der Waals surface area contributed by atoms with E-state index in [1.807, 2.05) is 30.3 Å². The van der Waals surface area contributed by atoms with Gasteiger partial charge in [0.15, 0.2) is 5.78 Å². The summed E-state index contributed by atoms with van der Waals surface area (Å²) in [5.41, 5.74) is 1.92. The van der Waals surface area contributed by atoms with Crippen LogP contribution in [0.2, 0.25) is 0 Å². The SMILES string of the molecule is C=CCC(NCCCCC)C(=O)c1ccc(N2CCOCC2)cc1. The Kier molecular flexibility index (Phi) is 7.99. The summed E-state index contributed by atoms with van der Waals surface area (Å²) in [7, 11) is 0. The van der Waals surface area contributed by atoms with Crippen LogP contribution < -0.4 is 10.2 Å². The maximum atomic E-state index is 12.7. The molecule has 2 rings (SSSR count). The van der Waals surface area contributed by atoms with Crippen molar-refractivity contribution in [2.75, 3.05) is 37.7 Å². The van der Waals surface area contributed by atoms with Crippen LogP contribution in [0.4, 0.5) is 5.69 Å². The Labute approximate surface area is 145 Å². The van der Waals surface area contributed by atoms with Crippen LogP contribution in [0.1, 0.15) is 43.0 Å². The van der Waals surface area contributed by atoms with Gasteiger partial charge in [-0.2, -0.15) is 0 Å². The van der Waals surface area contributed by atoms with Crippen LogP contribution >= 0.6 is 0 Å². The standard InChI is InChI=1S/C20H30N2O2/c1-3-5-6-12-21-19(7-4-2)20(23)17-8-10-18(11-9-17)22-13-15-24-16-14-22/h4,8-11,19,21H,2-3,5-7,12-16H2,1H3. The second-order valence-corrected chi connectivity index (χ2v) is 6.25. The number of hydrogen-bond donors (Lipinski definition) is 1. The highest BCUT2D eigenvalue weighted by molar-refractivity contribution is 6.00. The molecule has 1 saturated heterocycles. The number of ketones is 1.